The molecule has 0 unspecified atom stereocenters. The van der Waals surface area contributed by atoms with E-state index in [0.29, 0.717) is 0 Å². The van der Waals surface area contributed by atoms with E-state index in [1.54, 1.807) is 0 Å². The largest absolute Gasteiger partial charge is 0.550 e. The van der Waals surface area contributed by atoms with Crippen molar-refractivity contribution in [3.63, 3.8) is 0 Å². The second-order valence-electron chi connectivity index (χ2n) is 0.492. The van der Waals surface area contributed by atoms with Crippen LogP contribution in [-0.4, -0.2) is 11.4 Å². The van der Waals surface area contributed by atoms with Crippen LogP contribution in [0.15, 0.2) is 0 Å². The van der Waals surface area contributed by atoms with Crippen LogP contribution in [0.1, 0.15) is 6.92 Å². The molecule has 3 nitrogen and oxygen atoms in total. The van der Waals surface area contributed by atoms with Crippen LogP contribution in [0.5, 0.6) is 0 Å². The van der Waals surface area contributed by atoms with Gasteiger partial charge in [0.15, 0.2) is 0 Å². The Hall–Kier alpha value is -0.0765. The molecule has 0 radical (unpaired) electrons. The van der Waals surface area contributed by atoms with Crippen molar-refractivity contribution in [2.24, 2.45) is 0 Å². The molecule has 0 bridgehead atoms. The molecular weight excluding hydrogens is 131 g/mol. The van der Waals surface area contributed by atoms with Crippen LogP contribution < -0.4 is 5.11 Å². The Morgan fingerprint density at radius 3 is 1.67 bits per heavy atom. The van der Waals surface area contributed by atoms with Gasteiger partial charge in [-0.05, 0) is 6.92 Å². The fraction of sp³-hybridized carbons (Fsp3) is 0.500. The number of carboxylic acid groups (broad SMARTS) is 1. The van der Waals surface area contributed by atoms with Crippen LogP contribution in [0.4, 0.5) is 0 Å². The Balaban J connectivity index is -0.0000000450. The fourth-order valence-corrected chi connectivity index (χ4v) is 0. The first-order chi connectivity index (χ1) is 1.73. The molecule has 0 saturated carbocycles. The van der Waals surface area contributed by atoms with E-state index in [-0.39, 0.29) is 22.0 Å². The average molecular weight is 136 g/mol. The van der Waals surface area contributed by atoms with Gasteiger partial charge >= 0.3 is 0 Å². The minimum atomic E-state index is -1.08. The topological polar surface area (TPSA) is 71.6 Å². The zero-order valence-corrected chi connectivity index (χ0v) is 4.12. The molecule has 0 aliphatic rings. The quantitative estimate of drug-likeness (QED) is 0.358. The number of aliphatic carboxylic acids is 1. The van der Waals surface area contributed by atoms with Crippen LogP contribution in [0.2, 0.25) is 0 Å². The van der Waals surface area contributed by atoms with Gasteiger partial charge in [-0.3, -0.25) is 0 Å². The maximum Gasteiger partial charge on any atom is 0.0383 e. The number of hydrogen-bond acceptors (Lipinski definition) is 2. The Bertz CT molecular complexity index is 31.8. The van der Waals surface area contributed by atoms with Gasteiger partial charge in [-0.2, -0.15) is 0 Å². The molecule has 2 N–H and O–H groups in total. The third-order valence-corrected chi connectivity index (χ3v) is 0. The summed E-state index contributed by atoms with van der Waals surface area (Å²) in [5.74, 6) is -1.08. The predicted molar refractivity (Wildman–Crippen MR) is 14.3 cm³/mol. The SMILES string of the molecule is CC(=O)[O-].O.[Ni]. The van der Waals surface area contributed by atoms with Crippen molar-refractivity contribution in [1.82, 2.24) is 0 Å². The van der Waals surface area contributed by atoms with Gasteiger partial charge in [0.1, 0.15) is 0 Å². The first-order valence-electron chi connectivity index (χ1n) is 0.908. The van der Waals surface area contributed by atoms with Crippen LogP contribution >= 0.6 is 0 Å². The maximum atomic E-state index is 8.89. The number of rotatable bonds is 0. The molecule has 0 atom stereocenters. The summed E-state index contributed by atoms with van der Waals surface area (Å²) >= 11 is 0. The van der Waals surface area contributed by atoms with Crippen LogP contribution in [0, 0.1) is 0 Å². The van der Waals surface area contributed by atoms with Crippen LogP contribution in [-0.2, 0) is 21.3 Å². The van der Waals surface area contributed by atoms with Crippen LogP contribution in [0.3, 0.4) is 0 Å². The molecule has 0 aliphatic heterocycles. The average Bonchev–Trinajstić information content (AvgIpc) is 0.811. The molecule has 0 aliphatic carbocycles. The molecule has 6 heavy (non-hydrogen) atoms. The molecule has 42 valence electrons. The molecule has 0 saturated heterocycles. The summed E-state index contributed by atoms with van der Waals surface area (Å²) in [6, 6.07) is 0. The van der Waals surface area contributed by atoms with Gasteiger partial charge in [0.25, 0.3) is 0 Å². The van der Waals surface area contributed by atoms with Gasteiger partial charge < -0.3 is 15.4 Å². The van der Waals surface area contributed by atoms with Crippen molar-refractivity contribution in [2.45, 2.75) is 6.92 Å². The third-order valence-electron chi connectivity index (χ3n) is 0. The first-order valence-corrected chi connectivity index (χ1v) is 0.908. The summed E-state index contributed by atoms with van der Waals surface area (Å²) in [5.41, 5.74) is 0. The smallest absolute Gasteiger partial charge is 0.0383 e. The summed E-state index contributed by atoms with van der Waals surface area (Å²) in [4.78, 5) is 8.89. The molecule has 0 aromatic rings. The third kappa shape index (κ3) is 5730. The number of carbonyl (C=O) groups is 1. The number of hydrogen-bond donors (Lipinski definition) is 0. The first kappa shape index (κ1) is 16.8. The number of carboxylic acids is 1. The molecular formula is C2H5NiO3-. The molecule has 0 rings (SSSR count). The fourth-order valence-electron chi connectivity index (χ4n) is 0. The Morgan fingerprint density at radius 1 is 1.67 bits per heavy atom. The van der Waals surface area contributed by atoms with E-state index in [9.17, 15) is 0 Å². The standard InChI is InChI=1S/C2H4O2.Ni.H2O/c1-2(3)4;;/h1H3,(H,3,4);;1H2/p-1. The van der Waals surface area contributed by atoms with E-state index in [0.717, 1.165) is 6.92 Å². The minimum Gasteiger partial charge on any atom is -0.550 e. The van der Waals surface area contributed by atoms with Crippen molar-refractivity contribution in [3.05, 3.63) is 0 Å². The zero-order chi connectivity index (χ0) is 3.58. The summed E-state index contributed by atoms with van der Waals surface area (Å²) in [7, 11) is 0. The second-order valence-corrected chi connectivity index (χ2v) is 0.492. The second kappa shape index (κ2) is 8.87. The molecule has 4 heteroatoms. The molecule has 0 spiro atoms. The molecule has 0 fully saturated rings. The monoisotopic (exact) mass is 135 g/mol. The summed E-state index contributed by atoms with van der Waals surface area (Å²) < 4.78 is 0. The summed E-state index contributed by atoms with van der Waals surface area (Å²) in [5, 5.41) is 8.89. The van der Waals surface area contributed by atoms with Crippen molar-refractivity contribution >= 4 is 5.97 Å². The molecule has 0 heterocycles. The van der Waals surface area contributed by atoms with E-state index < -0.39 is 5.97 Å². The van der Waals surface area contributed by atoms with Gasteiger partial charge in [0.05, 0.1) is 0 Å². The summed E-state index contributed by atoms with van der Waals surface area (Å²) in [6.07, 6.45) is 0. The van der Waals surface area contributed by atoms with E-state index in [1.807, 2.05) is 0 Å². The normalized spacial score (nSPS) is 4.17. The summed E-state index contributed by atoms with van der Waals surface area (Å²) in [6.45, 7) is 0.972. The Morgan fingerprint density at radius 2 is 1.67 bits per heavy atom. The van der Waals surface area contributed by atoms with Crippen molar-refractivity contribution in [1.29, 1.82) is 0 Å². The van der Waals surface area contributed by atoms with Crippen molar-refractivity contribution < 1.29 is 31.9 Å². The van der Waals surface area contributed by atoms with Gasteiger partial charge in [-0.15, -0.1) is 0 Å². The molecule has 0 amide bonds. The van der Waals surface area contributed by atoms with E-state index in [4.69, 9.17) is 9.90 Å². The van der Waals surface area contributed by atoms with E-state index in [2.05, 4.69) is 0 Å². The predicted octanol–water partition coefficient (Wildman–Crippen LogP) is -2.07. The van der Waals surface area contributed by atoms with Gasteiger partial charge in [-0.1, -0.05) is 0 Å². The van der Waals surface area contributed by atoms with E-state index >= 15 is 0 Å². The number of carbonyl (C=O) groups excluding carboxylic acids is 1. The van der Waals surface area contributed by atoms with E-state index in [1.165, 1.54) is 0 Å². The van der Waals surface area contributed by atoms with Crippen molar-refractivity contribution in [2.75, 3.05) is 0 Å². The zero-order valence-electron chi connectivity index (χ0n) is 3.13. The minimum absolute atomic E-state index is 0. The van der Waals surface area contributed by atoms with Crippen LogP contribution in [0.25, 0.3) is 0 Å². The van der Waals surface area contributed by atoms with Gasteiger partial charge in [0.2, 0.25) is 0 Å². The van der Waals surface area contributed by atoms with Crippen molar-refractivity contribution in [3.8, 4) is 0 Å². The Kier molecular flexibility index (Phi) is 24.8. The maximum absolute atomic E-state index is 8.89. The van der Waals surface area contributed by atoms with Gasteiger partial charge in [-0.25, -0.2) is 0 Å². The molecule has 0 aromatic carbocycles. The Labute approximate surface area is 45.6 Å². The van der Waals surface area contributed by atoms with Gasteiger partial charge in [0, 0.05) is 22.5 Å². The molecule has 0 aromatic heterocycles.